The molecule has 30 heavy (non-hydrogen) atoms. The molecule has 162 valence electrons. The van der Waals surface area contributed by atoms with Gasteiger partial charge in [-0.05, 0) is 61.5 Å². The summed E-state index contributed by atoms with van der Waals surface area (Å²) >= 11 is 7.92. The first-order valence-electron chi connectivity index (χ1n) is 10.1. The lowest BCUT2D eigenvalue weighted by Crippen LogP contribution is -2.34. The fourth-order valence-electron chi connectivity index (χ4n) is 3.50. The molecular formula is C23H29ClN2O3S. The van der Waals surface area contributed by atoms with Gasteiger partial charge in [-0.2, -0.15) is 0 Å². The van der Waals surface area contributed by atoms with Crippen LogP contribution in [0.3, 0.4) is 0 Å². The van der Waals surface area contributed by atoms with Crippen molar-refractivity contribution in [3.8, 4) is 11.5 Å². The van der Waals surface area contributed by atoms with E-state index >= 15 is 0 Å². The number of amides is 1. The minimum absolute atomic E-state index is 0.166. The first kappa shape index (κ1) is 22.8. The summed E-state index contributed by atoms with van der Waals surface area (Å²) in [7, 11) is 5.34. The maximum absolute atomic E-state index is 13.0. The average molecular weight is 449 g/mol. The summed E-state index contributed by atoms with van der Waals surface area (Å²) in [6.45, 7) is 2.35. The molecule has 2 aromatic rings. The molecule has 0 N–H and O–H groups in total. The van der Waals surface area contributed by atoms with E-state index in [9.17, 15) is 4.79 Å². The van der Waals surface area contributed by atoms with Gasteiger partial charge in [-0.15, -0.1) is 11.8 Å². The number of benzene rings is 2. The second-order valence-corrected chi connectivity index (χ2v) is 8.93. The lowest BCUT2D eigenvalue weighted by Gasteiger charge is -2.24. The second kappa shape index (κ2) is 10.9. The Morgan fingerprint density at radius 2 is 1.93 bits per heavy atom. The van der Waals surface area contributed by atoms with Crippen LogP contribution in [0.2, 0.25) is 5.02 Å². The third-order valence-corrected chi connectivity index (χ3v) is 6.60. The zero-order valence-corrected chi connectivity index (χ0v) is 19.4. The van der Waals surface area contributed by atoms with Gasteiger partial charge in [0.2, 0.25) is 5.91 Å². The number of ether oxygens (including phenoxy) is 2. The average Bonchev–Trinajstić information content (AvgIpc) is 2.97. The summed E-state index contributed by atoms with van der Waals surface area (Å²) in [6.07, 6.45) is 2.36. The monoisotopic (exact) mass is 448 g/mol. The fraction of sp³-hybridized carbons (Fsp3) is 0.435. The minimum Gasteiger partial charge on any atom is -0.493 e. The van der Waals surface area contributed by atoms with E-state index in [1.165, 1.54) is 5.56 Å². The zero-order chi connectivity index (χ0) is 21.5. The van der Waals surface area contributed by atoms with Crippen LogP contribution in [-0.2, 0) is 11.2 Å². The van der Waals surface area contributed by atoms with Gasteiger partial charge >= 0.3 is 0 Å². The topological polar surface area (TPSA) is 42.0 Å². The summed E-state index contributed by atoms with van der Waals surface area (Å²) in [4.78, 5) is 18.2. The van der Waals surface area contributed by atoms with Crippen molar-refractivity contribution < 1.29 is 14.3 Å². The number of anilines is 1. The van der Waals surface area contributed by atoms with E-state index in [2.05, 4.69) is 18.0 Å². The van der Waals surface area contributed by atoms with Crippen molar-refractivity contribution in [2.24, 2.45) is 0 Å². The van der Waals surface area contributed by atoms with Crippen molar-refractivity contribution in [1.29, 1.82) is 0 Å². The Labute approximate surface area is 188 Å². The van der Waals surface area contributed by atoms with Crippen LogP contribution in [0.4, 0.5) is 5.69 Å². The quantitative estimate of drug-likeness (QED) is 0.582. The molecule has 0 atom stereocenters. The number of methoxy groups -OCH3 is 2. The molecule has 0 bridgehead atoms. The van der Waals surface area contributed by atoms with Crippen LogP contribution in [0.15, 0.2) is 41.3 Å². The lowest BCUT2D eigenvalue weighted by molar-refractivity contribution is -0.118. The van der Waals surface area contributed by atoms with Gasteiger partial charge in [0.15, 0.2) is 11.5 Å². The van der Waals surface area contributed by atoms with E-state index < -0.39 is 0 Å². The molecule has 2 aromatic carbocycles. The smallest absolute Gasteiger partial charge is 0.228 e. The Morgan fingerprint density at radius 3 is 2.70 bits per heavy atom. The number of hydrogen-bond donors (Lipinski definition) is 0. The van der Waals surface area contributed by atoms with E-state index in [1.54, 1.807) is 26.0 Å². The highest BCUT2D eigenvalue weighted by Crippen LogP contribution is 2.36. The molecule has 1 heterocycles. The van der Waals surface area contributed by atoms with Gasteiger partial charge in [0.25, 0.3) is 0 Å². The Morgan fingerprint density at radius 1 is 1.13 bits per heavy atom. The Hall–Kier alpha value is -1.89. The normalized spacial score (nSPS) is 13.7. The van der Waals surface area contributed by atoms with Gasteiger partial charge in [0.1, 0.15) is 0 Å². The maximum Gasteiger partial charge on any atom is 0.228 e. The summed E-state index contributed by atoms with van der Waals surface area (Å²) in [6, 6.07) is 11.8. The number of nitrogens with zero attached hydrogens (tertiary/aromatic N) is 2. The number of thioether (sulfide) groups is 1. The summed E-state index contributed by atoms with van der Waals surface area (Å²) in [5.74, 6) is 2.64. The molecule has 0 saturated carbocycles. The zero-order valence-electron chi connectivity index (χ0n) is 17.8. The first-order valence-corrected chi connectivity index (χ1v) is 11.5. The van der Waals surface area contributed by atoms with E-state index in [4.69, 9.17) is 21.1 Å². The molecule has 5 nitrogen and oxygen atoms in total. The van der Waals surface area contributed by atoms with Crippen molar-refractivity contribution >= 4 is 35.0 Å². The predicted molar refractivity (Wildman–Crippen MR) is 125 cm³/mol. The van der Waals surface area contributed by atoms with E-state index in [1.807, 2.05) is 35.2 Å². The Balaban J connectivity index is 1.54. The van der Waals surface area contributed by atoms with Crippen molar-refractivity contribution in [2.75, 3.05) is 51.6 Å². The van der Waals surface area contributed by atoms with Crippen molar-refractivity contribution in [2.45, 2.75) is 24.2 Å². The van der Waals surface area contributed by atoms with Gasteiger partial charge in [-0.1, -0.05) is 17.7 Å². The van der Waals surface area contributed by atoms with Crippen LogP contribution < -0.4 is 14.4 Å². The van der Waals surface area contributed by atoms with Gasteiger partial charge in [0.05, 0.1) is 19.9 Å². The molecule has 1 aliphatic heterocycles. The van der Waals surface area contributed by atoms with Crippen molar-refractivity contribution in [1.82, 2.24) is 4.90 Å². The highest BCUT2D eigenvalue weighted by atomic mass is 35.5. The summed E-state index contributed by atoms with van der Waals surface area (Å²) < 4.78 is 10.7. The van der Waals surface area contributed by atoms with E-state index in [0.717, 1.165) is 60.3 Å². The van der Waals surface area contributed by atoms with Crippen LogP contribution in [0, 0.1) is 0 Å². The first-order chi connectivity index (χ1) is 14.5. The molecule has 0 spiro atoms. The van der Waals surface area contributed by atoms with Crippen LogP contribution in [-0.4, -0.2) is 57.5 Å². The number of carbonyl (C=O) groups is 1. The number of fused-ring (bicyclic) bond motifs is 1. The summed E-state index contributed by atoms with van der Waals surface area (Å²) in [5, 5.41) is 0.713. The minimum atomic E-state index is 0.166. The number of likely N-dealkylation sites (N-methyl/N-ethyl adjacent to an activating group) is 1. The number of carbonyl (C=O) groups excluding carboxylic acids is 1. The highest BCUT2D eigenvalue weighted by molar-refractivity contribution is 7.99. The lowest BCUT2D eigenvalue weighted by atomic mass is 10.1. The molecule has 0 fully saturated rings. The number of halogens is 1. The summed E-state index contributed by atoms with van der Waals surface area (Å²) in [5.41, 5.74) is 2.17. The van der Waals surface area contributed by atoms with Crippen LogP contribution in [0.1, 0.15) is 18.4 Å². The molecule has 0 aromatic heterocycles. The fourth-order valence-corrected chi connectivity index (χ4v) is 4.77. The van der Waals surface area contributed by atoms with Gasteiger partial charge in [0, 0.05) is 36.0 Å². The van der Waals surface area contributed by atoms with E-state index in [0.29, 0.717) is 11.4 Å². The van der Waals surface area contributed by atoms with Crippen molar-refractivity contribution in [3.05, 3.63) is 47.0 Å². The molecule has 0 saturated heterocycles. The standard InChI is InChI=1S/C23H29ClN2O3S/c1-25(12-9-17-5-8-20(28-2)21(15-17)29-3)13-10-23(27)26-11-4-14-30-22-16-18(24)6-7-19(22)26/h5-8,15-16H,4,9-14H2,1-3H3. The van der Waals surface area contributed by atoms with Crippen molar-refractivity contribution in [3.63, 3.8) is 0 Å². The SMILES string of the molecule is COc1ccc(CCN(C)CCC(=O)N2CCCSc3cc(Cl)ccc32)cc1OC. The maximum atomic E-state index is 13.0. The van der Waals surface area contributed by atoms with E-state index in [-0.39, 0.29) is 5.91 Å². The van der Waals surface area contributed by atoms with Gasteiger partial charge in [-0.3, -0.25) is 4.79 Å². The molecule has 1 aliphatic rings. The number of hydrogen-bond acceptors (Lipinski definition) is 5. The molecule has 1 amide bonds. The molecule has 0 aliphatic carbocycles. The Kier molecular flexibility index (Phi) is 8.31. The number of rotatable bonds is 8. The largest absolute Gasteiger partial charge is 0.493 e. The van der Waals surface area contributed by atoms with Gasteiger partial charge < -0.3 is 19.3 Å². The molecule has 7 heteroatoms. The Bertz CT molecular complexity index is 878. The molecule has 3 rings (SSSR count). The molecule has 0 unspecified atom stereocenters. The second-order valence-electron chi connectivity index (χ2n) is 7.35. The third kappa shape index (κ3) is 5.84. The van der Waals surface area contributed by atoms with Crippen LogP contribution in [0.5, 0.6) is 11.5 Å². The predicted octanol–water partition coefficient (Wildman–Crippen LogP) is 4.75. The highest BCUT2D eigenvalue weighted by Gasteiger charge is 2.22. The van der Waals surface area contributed by atoms with Crippen LogP contribution in [0.25, 0.3) is 0 Å². The third-order valence-electron chi connectivity index (χ3n) is 5.23. The molecular weight excluding hydrogens is 420 g/mol. The molecule has 0 radical (unpaired) electrons. The van der Waals surface area contributed by atoms with Gasteiger partial charge in [-0.25, -0.2) is 0 Å². The van der Waals surface area contributed by atoms with Crippen LogP contribution >= 0.6 is 23.4 Å².